The van der Waals surface area contributed by atoms with Gasteiger partial charge >= 0.3 is 0 Å². The fraction of sp³-hybridized carbons (Fsp3) is 0.182. The Morgan fingerprint density at radius 3 is 2.72 bits per heavy atom. The largest absolute Gasteiger partial charge is 0.437 e. The zero-order chi connectivity index (χ0) is 20.1. The molecule has 0 aliphatic carbocycles. The van der Waals surface area contributed by atoms with Crippen LogP contribution in [0.2, 0.25) is 0 Å². The van der Waals surface area contributed by atoms with Crippen molar-refractivity contribution in [3.63, 3.8) is 0 Å². The first-order chi connectivity index (χ1) is 14.1. The number of nitrogens with one attached hydrogen (secondary N) is 1. The average Bonchev–Trinajstić information content (AvgIpc) is 3.09. The lowest BCUT2D eigenvalue weighted by Gasteiger charge is -2.26. The van der Waals surface area contributed by atoms with Gasteiger partial charge in [0.15, 0.2) is 5.75 Å². The van der Waals surface area contributed by atoms with Gasteiger partial charge in [-0.2, -0.15) is 0 Å². The summed E-state index contributed by atoms with van der Waals surface area (Å²) in [7, 11) is 0. The van der Waals surface area contributed by atoms with E-state index in [0.717, 1.165) is 16.9 Å². The third-order valence-corrected chi connectivity index (χ3v) is 6.41. The topological polar surface area (TPSA) is 50.9 Å². The Kier molecular flexibility index (Phi) is 4.20. The Hall–Kier alpha value is -3.06. The standard InChI is InChI=1S/C22H17F2N3OS/c1-2-10-27-11-26-22-17(21(27)25)16(12-6-8-13(23)9-7-12)20-18(28-22)14-4-3-5-15(24)19(14)29-20/h3-9,11,16,25H,2,10H2,1H3. The molecule has 1 aliphatic rings. The van der Waals surface area contributed by atoms with Crippen LogP contribution in [0.5, 0.6) is 11.6 Å². The average molecular weight is 409 g/mol. The maximum atomic E-state index is 14.5. The number of rotatable bonds is 3. The summed E-state index contributed by atoms with van der Waals surface area (Å²) in [6.45, 7) is 2.69. The van der Waals surface area contributed by atoms with Crippen molar-refractivity contribution in [1.82, 2.24) is 9.55 Å². The molecule has 7 heteroatoms. The number of benzene rings is 2. The molecular weight excluding hydrogens is 392 g/mol. The summed E-state index contributed by atoms with van der Waals surface area (Å²) in [5.74, 6) is -0.121. The van der Waals surface area contributed by atoms with Crippen LogP contribution in [0, 0.1) is 17.0 Å². The predicted molar refractivity (Wildman–Crippen MR) is 108 cm³/mol. The van der Waals surface area contributed by atoms with Gasteiger partial charge in [0.05, 0.1) is 21.1 Å². The fourth-order valence-corrected chi connectivity index (χ4v) is 5.11. The minimum absolute atomic E-state index is 0.301. The van der Waals surface area contributed by atoms with E-state index in [1.807, 2.05) is 13.0 Å². The van der Waals surface area contributed by atoms with Gasteiger partial charge in [0.2, 0.25) is 5.88 Å². The van der Waals surface area contributed by atoms with E-state index in [4.69, 9.17) is 10.1 Å². The molecule has 1 aliphatic heterocycles. The Balaban J connectivity index is 1.83. The van der Waals surface area contributed by atoms with Gasteiger partial charge < -0.3 is 9.30 Å². The van der Waals surface area contributed by atoms with Gasteiger partial charge in [-0.1, -0.05) is 25.1 Å². The number of aryl methyl sites for hydroxylation is 1. The molecular formula is C22H17F2N3OS. The van der Waals surface area contributed by atoms with Crippen LogP contribution in [0.25, 0.3) is 10.1 Å². The third-order valence-electron chi connectivity index (χ3n) is 5.15. The first-order valence-corrected chi connectivity index (χ1v) is 10.2. The molecule has 3 heterocycles. The molecule has 4 nitrogen and oxygen atoms in total. The number of hydrogen-bond donors (Lipinski definition) is 1. The van der Waals surface area contributed by atoms with Crippen LogP contribution >= 0.6 is 11.3 Å². The first-order valence-electron chi connectivity index (χ1n) is 9.36. The van der Waals surface area contributed by atoms with Crippen LogP contribution in [-0.4, -0.2) is 9.55 Å². The van der Waals surface area contributed by atoms with Gasteiger partial charge in [0.25, 0.3) is 0 Å². The maximum Gasteiger partial charge on any atom is 0.228 e. The highest BCUT2D eigenvalue weighted by Gasteiger charge is 2.35. The molecule has 1 atom stereocenters. The molecule has 0 bridgehead atoms. The molecule has 0 radical (unpaired) electrons. The van der Waals surface area contributed by atoms with Crippen LogP contribution in [0.4, 0.5) is 8.78 Å². The lowest BCUT2D eigenvalue weighted by molar-refractivity contribution is 0.429. The zero-order valence-corrected chi connectivity index (χ0v) is 16.4. The molecule has 0 amide bonds. The highest BCUT2D eigenvalue weighted by Crippen LogP contribution is 2.52. The summed E-state index contributed by atoms with van der Waals surface area (Å²) in [6.07, 6.45) is 2.46. The number of aromatic nitrogens is 2. The van der Waals surface area contributed by atoms with Crippen LogP contribution in [0.1, 0.15) is 35.3 Å². The van der Waals surface area contributed by atoms with Crippen molar-refractivity contribution in [2.75, 3.05) is 0 Å². The van der Waals surface area contributed by atoms with E-state index in [-0.39, 0.29) is 17.6 Å². The Morgan fingerprint density at radius 2 is 1.97 bits per heavy atom. The van der Waals surface area contributed by atoms with Crippen LogP contribution in [-0.2, 0) is 6.54 Å². The van der Waals surface area contributed by atoms with Crippen molar-refractivity contribution in [3.8, 4) is 11.6 Å². The van der Waals surface area contributed by atoms with Crippen molar-refractivity contribution in [2.45, 2.75) is 25.8 Å². The van der Waals surface area contributed by atoms with Gasteiger partial charge in [-0.3, -0.25) is 5.41 Å². The SMILES string of the molecule is CCCn1cnc2c(c1=N)C(c1ccc(F)cc1)c1sc3c(F)cccc3c1O2. The van der Waals surface area contributed by atoms with E-state index in [1.54, 1.807) is 29.1 Å². The number of ether oxygens (including phenoxy) is 1. The summed E-state index contributed by atoms with van der Waals surface area (Å²) in [5.41, 5.74) is 1.73. The second-order valence-corrected chi connectivity index (χ2v) is 8.06. The summed E-state index contributed by atoms with van der Waals surface area (Å²) in [4.78, 5) is 5.26. The number of fused-ring (bicyclic) bond motifs is 4. The Labute approximate surface area is 169 Å². The molecule has 2 aromatic heterocycles. The van der Waals surface area contributed by atoms with E-state index in [2.05, 4.69) is 4.98 Å². The summed E-state index contributed by atoms with van der Waals surface area (Å²) < 4.78 is 36.4. The van der Waals surface area contributed by atoms with Gasteiger partial charge in [-0.15, -0.1) is 11.3 Å². The molecule has 2 aromatic carbocycles. The van der Waals surface area contributed by atoms with E-state index in [0.29, 0.717) is 39.3 Å². The van der Waals surface area contributed by atoms with Crippen molar-refractivity contribution >= 4 is 21.4 Å². The third kappa shape index (κ3) is 2.76. The molecule has 29 heavy (non-hydrogen) atoms. The number of halogens is 2. The van der Waals surface area contributed by atoms with Crippen LogP contribution < -0.4 is 10.2 Å². The molecule has 0 saturated heterocycles. The normalized spacial score (nSPS) is 15.1. The highest BCUT2D eigenvalue weighted by molar-refractivity contribution is 7.19. The van der Waals surface area contributed by atoms with Crippen molar-refractivity contribution < 1.29 is 13.5 Å². The quantitative estimate of drug-likeness (QED) is 0.425. The Bertz CT molecular complexity index is 1290. The molecule has 0 saturated carbocycles. The van der Waals surface area contributed by atoms with Gasteiger partial charge in [0.1, 0.15) is 23.4 Å². The summed E-state index contributed by atoms with van der Waals surface area (Å²) >= 11 is 1.31. The van der Waals surface area contributed by atoms with E-state index in [9.17, 15) is 8.78 Å². The zero-order valence-electron chi connectivity index (χ0n) is 15.6. The molecule has 0 fully saturated rings. The lowest BCUT2D eigenvalue weighted by atomic mass is 9.89. The number of hydrogen-bond acceptors (Lipinski definition) is 4. The molecule has 1 N–H and O–H groups in total. The highest BCUT2D eigenvalue weighted by atomic mass is 32.1. The van der Waals surface area contributed by atoms with E-state index < -0.39 is 0 Å². The first kappa shape index (κ1) is 18.0. The molecule has 4 aromatic rings. The Morgan fingerprint density at radius 1 is 1.17 bits per heavy atom. The van der Waals surface area contributed by atoms with Crippen molar-refractivity contribution in [1.29, 1.82) is 5.41 Å². The lowest BCUT2D eigenvalue weighted by Crippen LogP contribution is -2.29. The monoisotopic (exact) mass is 409 g/mol. The van der Waals surface area contributed by atoms with Gasteiger partial charge in [-0.05, 0) is 36.2 Å². The molecule has 5 rings (SSSR count). The van der Waals surface area contributed by atoms with Gasteiger partial charge in [-0.25, -0.2) is 13.8 Å². The second-order valence-electron chi connectivity index (χ2n) is 7.00. The predicted octanol–water partition coefficient (Wildman–Crippen LogP) is 5.55. The molecule has 146 valence electrons. The van der Waals surface area contributed by atoms with E-state index in [1.165, 1.54) is 29.5 Å². The van der Waals surface area contributed by atoms with Gasteiger partial charge in [0, 0.05) is 11.9 Å². The number of nitrogens with zero attached hydrogens (tertiary/aromatic N) is 2. The van der Waals surface area contributed by atoms with Crippen LogP contribution in [0.15, 0.2) is 48.8 Å². The number of thiophene rings is 1. The smallest absolute Gasteiger partial charge is 0.228 e. The summed E-state index contributed by atoms with van der Waals surface area (Å²) in [5, 5.41) is 9.45. The summed E-state index contributed by atoms with van der Waals surface area (Å²) in [6, 6.07) is 11.1. The second kappa shape index (κ2) is 6.77. The molecule has 0 spiro atoms. The maximum absolute atomic E-state index is 14.5. The minimum Gasteiger partial charge on any atom is -0.437 e. The van der Waals surface area contributed by atoms with E-state index >= 15 is 0 Å². The van der Waals surface area contributed by atoms with Crippen LogP contribution in [0.3, 0.4) is 0 Å². The van der Waals surface area contributed by atoms with Crippen molar-refractivity contribution in [3.05, 3.63) is 81.9 Å². The minimum atomic E-state index is -0.379. The fourth-order valence-electron chi connectivity index (χ4n) is 3.83. The molecule has 1 unspecified atom stereocenters. The van der Waals surface area contributed by atoms with Crippen molar-refractivity contribution in [2.24, 2.45) is 0 Å².